The molecule has 2 aliphatic rings. The average Bonchev–Trinajstić information content (AvgIpc) is 3.52. The van der Waals surface area contributed by atoms with Gasteiger partial charge in [0.15, 0.2) is 17.4 Å². The van der Waals surface area contributed by atoms with Crippen LogP contribution in [0.15, 0.2) is 30.5 Å². The summed E-state index contributed by atoms with van der Waals surface area (Å²) in [6.07, 6.45) is 2.29. The number of urea groups is 1. The molecule has 0 saturated carbocycles. The van der Waals surface area contributed by atoms with Crippen LogP contribution in [0.25, 0.3) is 5.82 Å². The van der Waals surface area contributed by atoms with E-state index in [4.69, 9.17) is 14.9 Å². The van der Waals surface area contributed by atoms with Crippen LogP contribution in [-0.4, -0.2) is 76.3 Å². The van der Waals surface area contributed by atoms with Crippen molar-refractivity contribution in [1.82, 2.24) is 30.3 Å². The normalized spacial score (nSPS) is 17.5. The fourth-order valence-corrected chi connectivity index (χ4v) is 4.99. The van der Waals surface area contributed by atoms with E-state index in [1.54, 1.807) is 13.8 Å². The number of rotatable bonds is 9. The maximum absolute atomic E-state index is 14.6. The maximum atomic E-state index is 14.6. The van der Waals surface area contributed by atoms with Gasteiger partial charge in [0.1, 0.15) is 17.7 Å². The van der Waals surface area contributed by atoms with Crippen molar-refractivity contribution in [2.45, 2.75) is 44.9 Å². The topological polar surface area (TPSA) is 134 Å². The van der Waals surface area contributed by atoms with Crippen molar-refractivity contribution in [2.24, 2.45) is 0 Å². The molecule has 1 aromatic carbocycles. The molecule has 11 nitrogen and oxygen atoms in total. The second kappa shape index (κ2) is 12.2. The third-order valence-electron chi connectivity index (χ3n) is 7.17. The third-order valence-corrected chi connectivity index (χ3v) is 7.17. The summed E-state index contributed by atoms with van der Waals surface area (Å²) in [5.41, 5.74) is 1.61. The zero-order chi connectivity index (χ0) is 30.0. The number of aryl methyl sites for hydroxylation is 1. The van der Waals surface area contributed by atoms with E-state index in [9.17, 15) is 22.8 Å². The van der Waals surface area contributed by atoms with Crippen molar-refractivity contribution in [3.8, 4) is 11.6 Å². The predicted molar refractivity (Wildman–Crippen MR) is 145 cm³/mol. The molecule has 3 amide bonds. The lowest BCUT2D eigenvalue weighted by Gasteiger charge is -2.39. The van der Waals surface area contributed by atoms with Crippen LogP contribution in [0, 0.1) is 36.7 Å². The van der Waals surface area contributed by atoms with Gasteiger partial charge in [0.2, 0.25) is 0 Å². The number of likely N-dealkylation sites (tertiary alicyclic amines) is 1. The number of pyridine rings is 1. The number of aromatic nitrogens is 3. The Kier molecular flexibility index (Phi) is 8.43. The summed E-state index contributed by atoms with van der Waals surface area (Å²) in [7, 11) is 0. The Morgan fingerprint density at radius 1 is 1.19 bits per heavy atom. The molecule has 2 saturated heterocycles. The smallest absolute Gasteiger partial charge is 0.318 e. The third kappa shape index (κ3) is 6.22. The van der Waals surface area contributed by atoms with Gasteiger partial charge in [-0.3, -0.25) is 4.79 Å². The average molecular weight is 586 g/mol. The fourth-order valence-electron chi connectivity index (χ4n) is 4.99. The number of amides is 3. The molecule has 222 valence electrons. The Bertz CT molecular complexity index is 1480. The van der Waals surface area contributed by atoms with Crippen LogP contribution in [0.4, 0.5) is 18.0 Å². The van der Waals surface area contributed by atoms with Gasteiger partial charge in [-0.1, -0.05) is 0 Å². The molecule has 2 aromatic heterocycles. The monoisotopic (exact) mass is 585 g/mol. The van der Waals surface area contributed by atoms with E-state index in [0.29, 0.717) is 30.2 Å². The van der Waals surface area contributed by atoms with Gasteiger partial charge < -0.3 is 30.4 Å². The molecule has 2 fully saturated rings. The molecule has 3 N–H and O–H groups in total. The quantitative estimate of drug-likeness (QED) is 0.330. The number of carbonyl (C=O) groups excluding carboxylic acids is 2. The maximum Gasteiger partial charge on any atom is 0.318 e. The standard InChI is InChI=1S/C28H30F3N7O4/c1-15-26(27(39)34-20-4-6-41-14-20)16(2)38(36-15)25-10-24(22(31)11-33-25)42-21-12-37(13-21)28(40)35-23(3-5-32)17-7-18(29)9-19(30)8-17/h5,7-11,20-21,23,32H,3-4,6,12-14H2,1-2H3,(H,34,39)(H,35,40)/t20-,23-/m0/s1. The first-order valence-electron chi connectivity index (χ1n) is 13.4. The number of ether oxygens (including phenoxy) is 2. The van der Waals surface area contributed by atoms with Gasteiger partial charge >= 0.3 is 6.03 Å². The highest BCUT2D eigenvalue weighted by Crippen LogP contribution is 2.26. The second-order valence-corrected chi connectivity index (χ2v) is 10.3. The lowest BCUT2D eigenvalue weighted by atomic mass is 10.0. The number of benzene rings is 1. The van der Waals surface area contributed by atoms with Crippen LogP contribution in [0.1, 0.15) is 46.2 Å². The molecule has 0 unspecified atom stereocenters. The summed E-state index contributed by atoms with van der Waals surface area (Å²) in [5.74, 6) is -2.40. The lowest BCUT2D eigenvalue weighted by molar-refractivity contribution is 0.0408. The Balaban J connectivity index is 1.22. The molecule has 14 heteroatoms. The molecule has 3 aromatic rings. The zero-order valence-electron chi connectivity index (χ0n) is 23.0. The molecule has 5 rings (SSSR count). The molecule has 0 spiro atoms. The van der Waals surface area contributed by atoms with Crippen molar-refractivity contribution < 1.29 is 32.2 Å². The van der Waals surface area contributed by atoms with Crippen LogP contribution in [0.2, 0.25) is 0 Å². The molecular formula is C28H30F3N7O4. The van der Waals surface area contributed by atoms with Gasteiger partial charge in [-0.15, -0.1) is 0 Å². The van der Waals surface area contributed by atoms with Gasteiger partial charge in [0.05, 0.1) is 54.9 Å². The minimum atomic E-state index is -0.806. The van der Waals surface area contributed by atoms with E-state index in [-0.39, 0.29) is 48.6 Å². The molecule has 0 bridgehead atoms. The summed E-state index contributed by atoms with van der Waals surface area (Å²) < 4.78 is 54.6. The fraction of sp³-hybridized carbons (Fsp3) is 0.393. The van der Waals surface area contributed by atoms with E-state index in [1.165, 1.54) is 15.6 Å². The second-order valence-electron chi connectivity index (χ2n) is 10.3. The highest BCUT2D eigenvalue weighted by Gasteiger charge is 2.34. The molecular weight excluding hydrogens is 555 g/mol. The molecule has 4 heterocycles. The molecule has 2 aliphatic heterocycles. The highest BCUT2D eigenvalue weighted by molar-refractivity contribution is 5.96. The number of nitrogens with one attached hydrogen (secondary N) is 3. The summed E-state index contributed by atoms with van der Waals surface area (Å²) in [6, 6.07) is 2.92. The van der Waals surface area contributed by atoms with Crippen LogP contribution in [0.3, 0.4) is 0 Å². The minimum Gasteiger partial charge on any atom is -0.483 e. The summed E-state index contributed by atoms with van der Waals surface area (Å²) in [5, 5.41) is 17.4. The van der Waals surface area contributed by atoms with Gasteiger partial charge in [-0.25, -0.2) is 27.6 Å². The number of hydrogen-bond donors (Lipinski definition) is 3. The van der Waals surface area contributed by atoms with E-state index in [2.05, 4.69) is 20.7 Å². The number of halogens is 3. The van der Waals surface area contributed by atoms with Gasteiger partial charge in [0.25, 0.3) is 5.91 Å². The molecule has 2 atom stereocenters. The van der Waals surface area contributed by atoms with E-state index in [0.717, 1.165) is 37.0 Å². The van der Waals surface area contributed by atoms with Crippen LogP contribution in [0.5, 0.6) is 5.75 Å². The van der Waals surface area contributed by atoms with E-state index >= 15 is 0 Å². The SMILES string of the molecule is Cc1nn(-c2cc(OC3CN(C(=O)N[C@@H](CC=N)c4cc(F)cc(F)c4)C3)c(F)cn2)c(C)c1C(=O)N[C@H]1CCOC1. The summed E-state index contributed by atoms with van der Waals surface area (Å²) in [4.78, 5) is 31.2. The lowest BCUT2D eigenvalue weighted by Crippen LogP contribution is -2.59. The van der Waals surface area contributed by atoms with Crippen LogP contribution in [-0.2, 0) is 4.74 Å². The predicted octanol–water partition coefficient (Wildman–Crippen LogP) is 3.37. The highest BCUT2D eigenvalue weighted by atomic mass is 19.1. The van der Waals surface area contributed by atoms with Gasteiger partial charge in [-0.05, 0) is 44.2 Å². The van der Waals surface area contributed by atoms with Crippen molar-refractivity contribution in [3.05, 3.63) is 70.4 Å². The minimum absolute atomic E-state index is 0.0398. The Labute approximate surface area is 239 Å². The number of carbonyl (C=O) groups is 2. The number of nitrogens with zero attached hydrogens (tertiary/aromatic N) is 4. The van der Waals surface area contributed by atoms with Crippen LogP contribution >= 0.6 is 0 Å². The van der Waals surface area contributed by atoms with Crippen molar-refractivity contribution in [1.29, 1.82) is 5.41 Å². The first kappa shape index (κ1) is 29.0. The Hall–Kier alpha value is -4.46. The van der Waals surface area contributed by atoms with Gasteiger partial charge in [0, 0.05) is 25.2 Å². The van der Waals surface area contributed by atoms with Crippen molar-refractivity contribution in [3.63, 3.8) is 0 Å². The summed E-state index contributed by atoms with van der Waals surface area (Å²) >= 11 is 0. The first-order chi connectivity index (χ1) is 20.1. The number of hydrogen-bond acceptors (Lipinski definition) is 7. The molecule has 0 aliphatic carbocycles. The first-order valence-corrected chi connectivity index (χ1v) is 13.4. The van der Waals surface area contributed by atoms with Crippen LogP contribution < -0.4 is 15.4 Å². The zero-order valence-corrected chi connectivity index (χ0v) is 23.0. The summed E-state index contributed by atoms with van der Waals surface area (Å²) in [6.45, 7) is 4.73. The van der Waals surface area contributed by atoms with E-state index < -0.39 is 35.6 Å². The molecule has 0 radical (unpaired) electrons. The largest absolute Gasteiger partial charge is 0.483 e. The van der Waals surface area contributed by atoms with Crippen molar-refractivity contribution >= 4 is 18.2 Å². The Morgan fingerprint density at radius 2 is 1.93 bits per heavy atom. The van der Waals surface area contributed by atoms with E-state index in [1.807, 2.05) is 0 Å². The molecule has 42 heavy (non-hydrogen) atoms. The van der Waals surface area contributed by atoms with Gasteiger partial charge in [-0.2, -0.15) is 5.10 Å². The van der Waals surface area contributed by atoms with Crippen molar-refractivity contribution in [2.75, 3.05) is 26.3 Å². The Morgan fingerprint density at radius 3 is 2.60 bits per heavy atom.